The first-order valence-corrected chi connectivity index (χ1v) is 6.90. The normalized spacial score (nSPS) is 10.3. The molecule has 0 N–H and O–H groups in total. The minimum absolute atomic E-state index is 0.306. The van der Waals surface area contributed by atoms with E-state index in [-0.39, 0.29) is 0 Å². The monoisotopic (exact) mass is 296 g/mol. The van der Waals surface area contributed by atoms with Crippen LogP contribution in [0.15, 0.2) is 42.5 Å². The van der Waals surface area contributed by atoms with Crippen LogP contribution in [0.4, 0.5) is 0 Å². The van der Waals surface area contributed by atoms with Crippen molar-refractivity contribution < 1.29 is 9.47 Å². The highest BCUT2D eigenvalue weighted by molar-refractivity contribution is 6.32. The Morgan fingerprint density at radius 3 is 2.53 bits per heavy atom. The summed E-state index contributed by atoms with van der Waals surface area (Å²) in [6, 6.07) is 12.9. The van der Waals surface area contributed by atoms with Crippen LogP contribution in [0, 0.1) is 0 Å². The molecule has 2 aromatic rings. The van der Waals surface area contributed by atoms with Gasteiger partial charge in [0.05, 0.1) is 12.5 Å². The third kappa shape index (κ3) is 3.55. The van der Waals surface area contributed by atoms with Crippen molar-refractivity contribution in [2.45, 2.75) is 12.8 Å². The molecule has 4 heteroatoms. The van der Waals surface area contributed by atoms with E-state index in [1.54, 1.807) is 6.07 Å². The Balaban J connectivity index is 2.26. The fourth-order valence-electron chi connectivity index (χ4n) is 1.69. The van der Waals surface area contributed by atoms with Crippen LogP contribution in [0.25, 0.3) is 0 Å². The Morgan fingerprint density at radius 2 is 1.79 bits per heavy atom. The molecule has 0 bridgehead atoms. The first kappa shape index (κ1) is 14.0. The predicted octanol–water partition coefficient (Wildman–Crippen LogP) is 5.27. The van der Waals surface area contributed by atoms with E-state index in [1.165, 1.54) is 0 Å². The number of alkyl halides is 1. The molecule has 0 aliphatic carbocycles. The molecule has 0 aliphatic heterocycles. The molecule has 0 atom stereocenters. The Bertz CT molecular complexity index is 556. The van der Waals surface area contributed by atoms with Gasteiger partial charge >= 0.3 is 0 Å². The van der Waals surface area contributed by atoms with E-state index in [2.05, 4.69) is 0 Å². The maximum absolute atomic E-state index is 6.09. The van der Waals surface area contributed by atoms with Crippen molar-refractivity contribution in [3.05, 3.63) is 53.1 Å². The summed E-state index contributed by atoms with van der Waals surface area (Å²) < 4.78 is 11.3. The molecule has 2 rings (SSSR count). The van der Waals surface area contributed by atoms with Crippen LogP contribution in [0.5, 0.6) is 17.2 Å². The number of ether oxygens (including phenoxy) is 2. The smallest absolute Gasteiger partial charge is 0.133 e. The fourth-order valence-corrected chi connectivity index (χ4v) is 2.26. The molecule has 0 radical (unpaired) electrons. The predicted molar refractivity (Wildman–Crippen MR) is 78.7 cm³/mol. The quantitative estimate of drug-likeness (QED) is 0.700. The highest BCUT2D eigenvalue weighted by atomic mass is 35.5. The van der Waals surface area contributed by atoms with Crippen LogP contribution < -0.4 is 9.47 Å². The lowest BCUT2D eigenvalue weighted by molar-refractivity contribution is 0.338. The zero-order valence-corrected chi connectivity index (χ0v) is 12.0. The maximum Gasteiger partial charge on any atom is 0.133 e. The van der Waals surface area contributed by atoms with Crippen LogP contribution in [-0.4, -0.2) is 6.61 Å². The molecule has 0 heterocycles. The molecule has 0 aromatic heterocycles. The van der Waals surface area contributed by atoms with Crippen LogP contribution >= 0.6 is 23.2 Å². The van der Waals surface area contributed by atoms with E-state index in [1.807, 2.05) is 43.3 Å². The Kier molecular flexibility index (Phi) is 4.94. The Morgan fingerprint density at radius 1 is 1.05 bits per heavy atom. The van der Waals surface area contributed by atoms with Crippen LogP contribution in [0.1, 0.15) is 12.5 Å². The van der Waals surface area contributed by atoms with E-state index in [4.69, 9.17) is 32.7 Å². The standard InChI is InChI=1S/C15H14Cl2O2/c1-2-18-11-5-3-6-12(9-11)19-15-8-4-7-14(17)13(15)10-16/h3-9H,2,10H2,1H3. The lowest BCUT2D eigenvalue weighted by Gasteiger charge is -2.11. The topological polar surface area (TPSA) is 18.5 Å². The van der Waals surface area contributed by atoms with Crippen molar-refractivity contribution in [2.75, 3.05) is 6.61 Å². The molecule has 2 nitrogen and oxygen atoms in total. The average molecular weight is 297 g/mol. The third-order valence-electron chi connectivity index (χ3n) is 2.55. The average Bonchev–Trinajstić information content (AvgIpc) is 2.40. The van der Waals surface area contributed by atoms with Gasteiger partial charge in [0, 0.05) is 16.7 Å². The lowest BCUT2D eigenvalue weighted by atomic mass is 10.2. The molecular weight excluding hydrogens is 283 g/mol. The molecule has 0 saturated heterocycles. The summed E-state index contributed by atoms with van der Waals surface area (Å²) in [6.07, 6.45) is 0. The minimum atomic E-state index is 0.306. The van der Waals surface area contributed by atoms with Gasteiger partial charge in [-0.3, -0.25) is 0 Å². The largest absolute Gasteiger partial charge is 0.494 e. The molecule has 2 aromatic carbocycles. The van der Waals surface area contributed by atoms with Crippen molar-refractivity contribution in [2.24, 2.45) is 0 Å². The molecule has 100 valence electrons. The summed E-state index contributed by atoms with van der Waals surface area (Å²) in [6.45, 7) is 2.56. The van der Waals surface area contributed by atoms with Gasteiger partial charge in [-0.05, 0) is 31.2 Å². The SMILES string of the molecule is CCOc1cccc(Oc2cccc(Cl)c2CCl)c1. The van der Waals surface area contributed by atoms with Crippen LogP contribution in [0.3, 0.4) is 0 Å². The number of hydrogen-bond acceptors (Lipinski definition) is 2. The number of hydrogen-bond donors (Lipinski definition) is 0. The van der Waals surface area contributed by atoms with Gasteiger partial charge < -0.3 is 9.47 Å². The van der Waals surface area contributed by atoms with E-state index in [9.17, 15) is 0 Å². The summed E-state index contributed by atoms with van der Waals surface area (Å²) in [5, 5.41) is 0.605. The molecule has 0 saturated carbocycles. The van der Waals surface area contributed by atoms with Crippen LogP contribution in [-0.2, 0) is 5.88 Å². The summed E-state index contributed by atoms with van der Waals surface area (Å²) >= 11 is 12.0. The van der Waals surface area contributed by atoms with Crippen LogP contribution in [0.2, 0.25) is 5.02 Å². The lowest BCUT2D eigenvalue weighted by Crippen LogP contribution is -1.93. The number of benzene rings is 2. The highest BCUT2D eigenvalue weighted by Crippen LogP contribution is 2.32. The van der Waals surface area contributed by atoms with Gasteiger partial charge in [0.2, 0.25) is 0 Å². The number of halogens is 2. The zero-order chi connectivity index (χ0) is 13.7. The van der Waals surface area contributed by atoms with Gasteiger partial charge in [0.1, 0.15) is 17.2 Å². The second-order valence-electron chi connectivity index (χ2n) is 3.86. The zero-order valence-electron chi connectivity index (χ0n) is 10.5. The van der Waals surface area contributed by atoms with Crippen molar-refractivity contribution in [1.82, 2.24) is 0 Å². The van der Waals surface area contributed by atoms with Gasteiger partial charge in [-0.15, -0.1) is 11.6 Å². The summed E-state index contributed by atoms with van der Waals surface area (Å²) in [4.78, 5) is 0. The molecule has 0 fully saturated rings. The van der Waals surface area contributed by atoms with E-state index < -0.39 is 0 Å². The second-order valence-corrected chi connectivity index (χ2v) is 4.53. The maximum atomic E-state index is 6.09. The summed E-state index contributed by atoms with van der Waals surface area (Å²) in [5.74, 6) is 2.44. The molecule has 0 spiro atoms. The fraction of sp³-hybridized carbons (Fsp3) is 0.200. The molecule has 0 amide bonds. The number of rotatable bonds is 5. The van der Waals surface area contributed by atoms with Crippen molar-refractivity contribution >= 4 is 23.2 Å². The first-order valence-electron chi connectivity index (χ1n) is 5.98. The Labute approximate surface area is 122 Å². The molecule has 19 heavy (non-hydrogen) atoms. The minimum Gasteiger partial charge on any atom is -0.494 e. The molecule has 0 aliphatic rings. The van der Waals surface area contributed by atoms with Gasteiger partial charge in [-0.25, -0.2) is 0 Å². The molecule has 0 unspecified atom stereocenters. The van der Waals surface area contributed by atoms with E-state index in [0.29, 0.717) is 29.0 Å². The summed E-state index contributed by atoms with van der Waals surface area (Å²) in [5.41, 5.74) is 0.785. The van der Waals surface area contributed by atoms with Crippen molar-refractivity contribution in [3.8, 4) is 17.2 Å². The van der Waals surface area contributed by atoms with Gasteiger partial charge in [-0.1, -0.05) is 23.7 Å². The van der Waals surface area contributed by atoms with Gasteiger partial charge in [0.15, 0.2) is 0 Å². The van der Waals surface area contributed by atoms with Gasteiger partial charge in [0.25, 0.3) is 0 Å². The third-order valence-corrected chi connectivity index (χ3v) is 3.18. The van der Waals surface area contributed by atoms with E-state index in [0.717, 1.165) is 11.3 Å². The van der Waals surface area contributed by atoms with E-state index >= 15 is 0 Å². The molecular formula is C15H14Cl2O2. The first-order chi connectivity index (χ1) is 9.24. The van der Waals surface area contributed by atoms with Crippen molar-refractivity contribution in [3.63, 3.8) is 0 Å². The van der Waals surface area contributed by atoms with Gasteiger partial charge in [-0.2, -0.15) is 0 Å². The van der Waals surface area contributed by atoms with Crippen molar-refractivity contribution in [1.29, 1.82) is 0 Å². The highest BCUT2D eigenvalue weighted by Gasteiger charge is 2.08. The Hall–Kier alpha value is -1.38. The second kappa shape index (κ2) is 6.69. The summed E-state index contributed by atoms with van der Waals surface area (Å²) in [7, 11) is 0.